The number of rotatable bonds is 5. The summed E-state index contributed by atoms with van der Waals surface area (Å²) < 4.78 is 5.20. The Hall–Kier alpha value is -2.28. The fourth-order valence-electron chi connectivity index (χ4n) is 3.11. The van der Waals surface area contributed by atoms with E-state index in [1.807, 2.05) is 17.0 Å². The van der Waals surface area contributed by atoms with Crippen molar-refractivity contribution in [2.75, 3.05) is 31.6 Å². The van der Waals surface area contributed by atoms with Gasteiger partial charge in [0.15, 0.2) is 0 Å². The summed E-state index contributed by atoms with van der Waals surface area (Å²) in [5.41, 5.74) is 1.15. The average Bonchev–Trinajstić information content (AvgIpc) is 3.05. The summed E-state index contributed by atoms with van der Waals surface area (Å²) in [6.45, 7) is 4.42. The van der Waals surface area contributed by atoms with Crippen LogP contribution in [0.25, 0.3) is 0 Å². The molecule has 1 atom stereocenters. The summed E-state index contributed by atoms with van der Waals surface area (Å²) in [6, 6.07) is 8.18. The first-order chi connectivity index (χ1) is 12.1. The van der Waals surface area contributed by atoms with Crippen molar-refractivity contribution in [1.82, 2.24) is 20.1 Å². The van der Waals surface area contributed by atoms with E-state index in [1.165, 1.54) is 0 Å². The molecule has 134 valence electrons. The van der Waals surface area contributed by atoms with Crippen LogP contribution >= 0.6 is 11.6 Å². The highest BCUT2D eigenvalue weighted by atomic mass is 35.5. The monoisotopic (exact) mass is 363 g/mol. The molecule has 1 saturated heterocycles. The van der Waals surface area contributed by atoms with Crippen molar-refractivity contribution in [2.45, 2.75) is 25.8 Å². The number of hydrogen-bond donors (Lipinski definition) is 1. The number of aryl methyl sites for hydroxylation is 1. The zero-order chi connectivity index (χ0) is 17.8. The molecule has 0 saturated carbocycles. The molecule has 1 aromatic carbocycles. The predicted molar refractivity (Wildman–Crippen MR) is 96.1 cm³/mol. The summed E-state index contributed by atoms with van der Waals surface area (Å²) in [4.78, 5) is 20.8. The van der Waals surface area contributed by atoms with Gasteiger partial charge in [0, 0.05) is 44.2 Å². The van der Waals surface area contributed by atoms with Crippen LogP contribution in [-0.2, 0) is 11.2 Å². The van der Waals surface area contributed by atoms with Crippen LogP contribution in [0.1, 0.15) is 19.2 Å². The zero-order valence-corrected chi connectivity index (χ0v) is 15.2. The molecule has 0 unspecified atom stereocenters. The average molecular weight is 364 g/mol. The number of halogens is 1. The molecule has 8 heteroatoms. The molecule has 25 heavy (non-hydrogen) atoms. The van der Waals surface area contributed by atoms with Crippen LogP contribution in [0.4, 0.5) is 5.69 Å². The third-order valence-electron chi connectivity index (χ3n) is 4.47. The van der Waals surface area contributed by atoms with Gasteiger partial charge in [0.1, 0.15) is 11.6 Å². The first-order valence-electron chi connectivity index (χ1n) is 8.32. The van der Waals surface area contributed by atoms with Gasteiger partial charge in [0.2, 0.25) is 11.2 Å². The lowest BCUT2D eigenvalue weighted by Crippen LogP contribution is -2.54. The maximum atomic E-state index is 12.5. The van der Waals surface area contributed by atoms with Gasteiger partial charge in [-0.25, -0.2) is 4.98 Å². The lowest BCUT2D eigenvalue weighted by Gasteiger charge is -2.41. The van der Waals surface area contributed by atoms with Gasteiger partial charge in [-0.3, -0.25) is 9.89 Å². The van der Waals surface area contributed by atoms with Crippen LogP contribution in [0, 0.1) is 0 Å². The number of hydrogen-bond acceptors (Lipinski definition) is 5. The van der Waals surface area contributed by atoms with Crippen LogP contribution < -0.4 is 9.64 Å². The molecule has 1 amide bonds. The predicted octanol–water partition coefficient (Wildman–Crippen LogP) is 2.14. The number of aromatic nitrogens is 3. The molecule has 0 aliphatic carbocycles. The van der Waals surface area contributed by atoms with E-state index in [-0.39, 0.29) is 17.2 Å². The molecule has 1 aliphatic heterocycles. The number of piperazine rings is 1. The lowest BCUT2D eigenvalue weighted by molar-refractivity contribution is -0.133. The maximum Gasteiger partial charge on any atom is 0.242 e. The summed E-state index contributed by atoms with van der Waals surface area (Å²) in [5, 5.41) is 6.68. The minimum atomic E-state index is 0.134. The van der Waals surface area contributed by atoms with Crippen molar-refractivity contribution >= 4 is 23.2 Å². The van der Waals surface area contributed by atoms with Crippen LogP contribution in [0.5, 0.6) is 5.75 Å². The van der Waals surface area contributed by atoms with Crippen LogP contribution in [0.15, 0.2) is 24.3 Å². The maximum absolute atomic E-state index is 12.5. The summed E-state index contributed by atoms with van der Waals surface area (Å²) in [5.74, 6) is 1.62. The van der Waals surface area contributed by atoms with E-state index in [9.17, 15) is 4.79 Å². The minimum absolute atomic E-state index is 0.134. The molecule has 0 bridgehead atoms. The highest BCUT2D eigenvalue weighted by Crippen LogP contribution is 2.22. The number of amides is 1. The smallest absolute Gasteiger partial charge is 0.242 e. The highest BCUT2D eigenvalue weighted by molar-refractivity contribution is 6.28. The molecule has 0 spiro atoms. The molecule has 2 aromatic rings. The minimum Gasteiger partial charge on any atom is -0.497 e. The molecule has 3 rings (SSSR count). The Balaban J connectivity index is 1.54. The number of aromatic amines is 1. The second-order valence-corrected chi connectivity index (χ2v) is 6.47. The van der Waals surface area contributed by atoms with Gasteiger partial charge < -0.3 is 14.5 Å². The van der Waals surface area contributed by atoms with E-state index in [0.717, 1.165) is 24.5 Å². The van der Waals surface area contributed by atoms with E-state index in [1.54, 1.807) is 7.11 Å². The Kier molecular flexibility index (Phi) is 5.43. The van der Waals surface area contributed by atoms with E-state index in [0.29, 0.717) is 25.2 Å². The number of benzene rings is 1. The van der Waals surface area contributed by atoms with E-state index in [4.69, 9.17) is 16.3 Å². The zero-order valence-electron chi connectivity index (χ0n) is 14.4. The van der Waals surface area contributed by atoms with Gasteiger partial charge in [0.25, 0.3) is 0 Å². The lowest BCUT2D eigenvalue weighted by atomic mass is 10.1. The molecule has 1 N–H and O–H groups in total. The standard InChI is InChI=1S/C17H22ClN5O2/c1-12-11-22(13-3-5-14(25-2)6-4-13)9-10-23(12)16(24)8-7-15-19-17(18)21-20-15/h3-6,12H,7-11H2,1-2H3,(H,19,20,21)/t12-/m0/s1. The second kappa shape index (κ2) is 7.74. The summed E-state index contributed by atoms with van der Waals surface area (Å²) in [6.07, 6.45) is 0.919. The SMILES string of the molecule is COc1ccc(N2CCN(C(=O)CCc3nc(Cl)n[nH]3)[C@@H](C)C2)cc1. The number of methoxy groups -OCH3 is 1. The Morgan fingerprint density at radius 3 is 2.72 bits per heavy atom. The van der Waals surface area contributed by atoms with Crippen molar-refractivity contribution in [3.63, 3.8) is 0 Å². The van der Waals surface area contributed by atoms with Gasteiger partial charge in [-0.05, 0) is 42.8 Å². The van der Waals surface area contributed by atoms with Crippen molar-refractivity contribution in [3.8, 4) is 5.75 Å². The van der Waals surface area contributed by atoms with Crippen molar-refractivity contribution in [2.24, 2.45) is 0 Å². The fourth-order valence-corrected chi connectivity index (χ4v) is 3.25. The largest absolute Gasteiger partial charge is 0.497 e. The van der Waals surface area contributed by atoms with Gasteiger partial charge in [-0.1, -0.05) is 0 Å². The number of ether oxygens (including phenoxy) is 1. The first kappa shape index (κ1) is 17.5. The Morgan fingerprint density at radius 2 is 2.12 bits per heavy atom. The molecular weight excluding hydrogens is 342 g/mol. The van der Waals surface area contributed by atoms with E-state index in [2.05, 4.69) is 39.1 Å². The third-order valence-corrected chi connectivity index (χ3v) is 4.63. The number of nitrogens with zero attached hydrogens (tertiary/aromatic N) is 4. The molecule has 7 nitrogen and oxygen atoms in total. The van der Waals surface area contributed by atoms with Gasteiger partial charge >= 0.3 is 0 Å². The molecular formula is C17H22ClN5O2. The van der Waals surface area contributed by atoms with E-state index >= 15 is 0 Å². The molecule has 2 heterocycles. The van der Waals surface area contributed by atoms with Crippen LogP contribution in [0.2, 0.25) is 5.28 Å². The van der Waals surface area contributed by atoms with Gasteiger partial charge in [-0.2, -0.15) is 0 Å². The molecule has 1 aliphatic rings. The highest BCUT2D eigenvalue weighted by Gasteiger charge is 2.27. The number of anilines is 1. The number of carbonyl (C=O) groups is 1. The molecule has 1 fully saturated rings. The number of carbonyl (C=O) groups excluding carboxylic acids is 1. The van der Waals surface area contributed by atoms with Crippen molar-refractivity contribution in [3.05, 3.63) is 35.4 Å². The second-order valence-electron chi connectivity index (χ2n) is 6.13. The normalized spacial score (nSPS) is 17.6. The van der Waals surface area contributed by atoms with Crippen LogP contribution in [0.3, 0.4) is 0 Å². The fraction of sp³-hybridized carbons (Fsp3) is 0.471. The van der Waals surface area contributed by atoms with Crippen molar-refractivity contribution < 1.29 is 9.53 Å². The topological polar surface area (TPSA) is 74.3 Å². The first-order valence-corrected chi connectivity index (χ1v) is 8.70. The summed E-state index contributed by atoms with van der Waals surface area (Å²) >= 11 is 5.68. The van der Waals surface area contributed by atoms with E-state index < -0.39 is 0 Å². The Labute approximate surface area is 151 Å². The summed E-state index contributed by atoms with van der Waals surface area (Å²) in [7, 11) is 1.66. The Morgan fingerprint density at radius 1 is 1.36 bits per heavy atom. The molecule has 1 aromatic heterocycles. The van der Waals surface area contributed by atoms with Gasteiger partial charge in [-0.15, -0.1) is 5.10 Å². The van der Waals surface area contributed by atoms with Gasteiger partial charge in [0.05, 0.1) is 7.11 Å². The van der Waals surface area contributed by atoms with Crippen LogP contribution in [-0.4, -0.2) is 58.8 Å². The number of H-pyrrole nitrogens is 1. The quantitative estimate of drug-likeness (QED) is 0.880. The molecule has 0 radical (unpaired) electrons. The Bertz CT molecular complexity index is 718. The number of nitrogens with one attached hydrogen (secondary N) is 1. The third kappa shape index (κ3) is 4.22. The van der Waals surface area contributed by atoms with Crippen molar-refractivity contribution in [1.29, 1.82) is 0 Å².